The highest BCUT2D eigenvalue weighted by Gasteiger charge is 2.47. The summed E-state index contributed by atoms with van der Waals surface area (Å²) in [6.07, 6.45) is 7.58. The van der Waals surface area contributed by atoms with Gasteiger partial charge in [-0.05, 0) is 49.9 Å². The second kappa shape index (κ2) is 8.86. The summed E-state index contributed by atoms with van der Waals surface area (Å²) in [5.41, 5.74) is 0.699. The average Bonchev–Trinajstić information content (AvgIpc) is 3.17. The van der Waals surface area contributed by atoms with E-state index in [-0.39, 0.29) is 16.8 Å². The van der Waals surface area contributed by atoms with Crippen LogP contribution in [0.25, 0.3) is 0 Å². The van der Waals surface area contributed by atoms with Crippen molar-refractivity contribution in [2.24, 2.45) is 0 Å². The third-order valence-corrected chi connectivity index (χ3v) is 8.08. The van der Waals surface area contributed by atoms with Gasteiger partial charge in [0.05, 0.1) is 12.0 Å². The molecule has 0 radical (unpaired) electrons. The van der Waals surface area contributed by atoms with Gasteiger partial charge >= 0.3 is 6.03 Å². The lowest BCUT2D eigenvalue weighted by molar-refractivity contribution is 0.0579. The molecule has 0 bridgehead atoms. The summed E-state index contributed by atoms with van der Waals surface area (Å²) < 4.78 is 5.20. The van der Waals surface area contributed by atoms with Crippen molar-refractivity contribution in [3.63, 3.8) is 0 Å². The van der Waals surface area contributed by atoms with Crippen LogP contribution >= 0.6 is 11.8 Å². The number of ether oxygens (including phenoxy) is 1. The third-order valence-electron chi connectivity index (χ3n) is 6.52. The number of hydrogen-bond donors (Lipinski definition) is 1. The summed E-state index contributed by atoms with van der Waals surface area (Å²) in [7, 11) is 1.63. The molecule has 29 heavy (non-hydrogen) atoms. The quantitative estimate of drug-likeness (QED) is 0.814. The lowest BCUT2D eigenvalue weighted by Crippen LogP contribution is -2.56. The predicted molar refractivity (Wildman–Crippen MR) is 115 cm³/mol. The van der Waals surface area contributed by atoms with Crippen LogP contribution in [0.2, 0.25) is 0 Å². The molecule has 1 N–H and O–H groups in total. The summed E-state index contributed by atoms with van der Waals surface area (Å²) in [4.78, 5) is 29.7. The van der Waals surface area contributed by atoms with Crippen molar-refractivity contribution in [3.8, 4) is 5.75 Å². The fourth-order valence-electron chi connectivity index (χ4n) is 4.77. The number of methoxy groups -OCH3 is 1. The van der Waals surface area contributed by atoms with Crippen molar-refractivity contribution in [3.05, 3.63) is 29.8 Å². The Balaban J connectivity index is 1.37. The molecule has 3 aliphatic rings. The molecule has 1 saturated carbocycles. The van der Waals surface area contributed by atoms with Gasteiger partial charge in [0.25, 0.3) is 5.91 Å². The molecule has 7 heteroatoms. The van der Waals surface area contributed by atoms with Crippen molar-refractivity contribution in [1.82, 2.24) is 15.1 Å². The molecular weight excluding hydrogens is 386 g/mol. The first-order valence-corrected chi connectivity index (χ1v) is 11.8. The van der Waals surface area contributed by atoms with Gasteiger partial charge in [-0.3, -0.25) is 4.79 Å². The van der Waals surface area contributed by atoms with Gasteiger partial charge in [0, 0.05) is 37.0 Å². The number of benzene rings is 1. The monoisotopic (exact) mass is 417 g/mol. The number of carbonyl (C=O) groups excluding carboxylic acids is 2. The highest BCUT2D eigenvalue weighted by atomic mass is 32.2. The molecule has 3 amide bonds. The maximum atomic E-state index is 13.2. The zero-order valence-electron chi connectivity index (χ0n) is 17.2. The second-order valence-corrected chi connectivity index (χ2v) is 9.71. The van der Waals surface area contributed by atoms with Crippen LogP contribution in [0.4, 0.5) is 4.79 Å². The minimum absolute atomic E-state index is 0.0720. The smallest absolute Gasteiger partial charge is 0.317 e. The topological polar surface area (TPSA) is 61.9 Å². The van der Waals surface area contributed by atoms with E-state index in [1.165, 1.54) is 19.3 Å². The Morgan fingerprint density at radius 3 is 2.41 bits per heavy atom. The van der Waals surface area contributed by atoms with Gasteiger partial charge in [-0.2, -0.15) is 0 Å². The maximum Gasteiger partial charge on any atom is 0.317 e. The van der Waals surface area contributed by atoms with E-state index in [0.717, 1.165) is 43.7 Å². The number of nitrogens with one attached hydrogen (secondary N) is 1. The minimum Gasteiger partial charge on any atom is -0.497 e. The number of carbonyl (C=O) groups is 2. The largest absolute Gasteiger partial charge is 0.497 e. The van der Waals surface area contributed by atoms with E-state index in [1.54, 1.807) is 7.11 Å². The number of rotatable bonds is 3. The van der Waals surface area contributed by atoms with Crippen molar-refractivity contribution in [2.45, 2.75) is 55.9 Å². The summed E-state index contributed by atoms with van der Waals surface area (Å²) in [6.45, 7) is 2.18. The van der Waals surface area contributed by atoms with Crippen LogP contribution in [-0.2, 0) is 0 Å². The molecule has 6 nitrogen and oxygen atoms in total. The van der Waals surface area contributed by atoms with E-state index < -0.39 is 0 Å². The Bertz CT molecular complexity index is 725. The Morgan fingerprint density at radius 1 is 1.07 bits per heavy atom. The van der Waals surface area contributed by atoms with Gasteiger partial charge < -0.3 is 19.9 Å². The van der Waals surface area contributed by atoms with Crippen molar-refractivity contribution in [1.29, 1.82) is 0 Å². The predicted octanol–water partition coefficient (Wildman–Crippen LogP) is 3.72. The highest BCUT2D eigenvalue weighted by Crippen LogP contribution is 2.44. The third kappa shape index (κ3) is 4.34. The molecule has 2 saturated heterocycles. The van der Waals surface area contributed by atoms with Gasteiger partial charge in [0.1, 0.15) is 5.75 Å². The number of urea groups is 1. The number of likely N-dealkylation sites (tertiary alicyclic amines) is 1. The van der Waals surface area contributed by atoms with Crippen LogP contribution in [0.3, 0.4) is 0 Å². The summed E-state index contributed by atoms with van der Waals surface area (Å²) in [5, 5.41) is 3.23. The molecule has 1 aliphatic carbocycles. The molecule has 4 rings (SSSR count). The molecule has 1 aromatic carbocycles. The Labute approximate surface area is 177 Å². The lowest BCUT2D eigenvalue weighted by Gasteiger charge is -2.44. The van der Waals surface area contributed by atoms with Crippen LogP contribution in [0, 0.1) is 0 Å². The van der Waals surface area contributed by atoms with Gasteiger partial charge in [0.2, 0.25) is 0 Å². The molecule has 0 unspecified atom stereocenters. The zero-order chi connectivity index (χ0) is 20.3. The van der Waals surface area contributed by atoms with Crippen molar-refractivity contribution >= 4 is 23.7 Å². The number of hydrogen-bond acceptors (Lipinski definition) is 4. The number of piperidine rings is 1. The van der Waals surface area contributed by atoms with Gasteiger partial charge in [0.15, 0.2) is 0 Å². The van der Waals surface area contributed by atoms with E-state index in [1.807, 2.05) is 45.8 Å². The highest BCUT2D eigenvalue weighted by molar-refractivity contribution is 8.00. The molecule has 2 aliphatic heterocycles. The molecule has 1 spiro atoms. The van der Waals surface area contributed by atoms with E-state index in [2.05, 4.69) is 5.32 Å². The minimum atomic E-state index is -0.182. The molecule has 0 atom stereocenters. The van der Waals surface area contributed by atoms with E-state index in [4.69, 9.17) is 4.74 Å². The fourth-order valence-corrected chi connectivity index (χ4v) is 6.23. The molecule has 158 valence electrons. The van der Waals surface area contributed by atoms with Gasteiger partial charge in [-0.15, -0.1) is 11.8 Å². The van der Waals surface area contributed by atoms with Crippen LogP contribution < -0.4 is 10.1 Å². The van der Waals surface area contributed by atoms with Crippen molar-refractivity contribution < 1.29 is 14.3 Å². The zero-order valence-corrected chi connectivity index (χ0v) is 18.0. The maximum absolute atomic E-state index is 13.2. The molecule has 1 aromatic rings. The Morgan fingerprint density at radius 2 is 1.76 bits per heavy atom. The lowest BCUT2D eigenvalue weighted by atomic mass is 9.95. The standard InChI is InChI=1S/C22H31N3O3S/c1-28-19-9-7-17(8-10-19)20(26)25-15-16-29-22(25)11-13-24(14-12-22)21(27)23-18-5-3-2-4-6-18/h7-10,18H,2-6,11-16H2,1H3,(H,23,27). The van der Waals surface area contributed by atoms with Crippen molar-refractivity contribution in [2.75, 3.05) is 32.5 Å². The number of nitrogens with zero attached hydrogens (tertiary/aromatic N) is 2. The first-order chi connectivity index (χ1) is 14.1. The first kappa shape index (κ1) is 20.4. The van der Waals surface area contributed by atoms with E-state index >= 15 is 0 Å². The van der Waals surface area contributed by atoms with Crippen LogP contribution in [-0.4, -0.2) is 65.1 Å². The van der Waals surface area contributed by atoms with Crippen LogP contribution in [0.15, 0.2) is 24.3 Å². The first-order valence-electron chi connectivity index (χ1n) is 10.8. The van der Waals surface area contributed by atoms with E-state index in [9.17, 15) is 9.59 Å². The van der Waals surface area contributed by atoms with E-state index in [0.29, 0.717) is 24.7 Å². The summed E-state index contributed by atoms with van der Waals surface area (Å²) >= 11 is 1.88. The normalized spacial score (nSPS) is 22.0. The average molecular weight is 418 g/mol. The summed E-state index contributed by atoms with van der Waals surface area (Å²) in [5.74, 6) is 1.79. The molecule has 0 aromatic heterocycles. The second-order valence-electron chi connectivity index (χ2n) is 8.25. The number of amides is 3. The molecule has 2 heterocycles. The Hall–Kier alpha value is -1.89. The van der Waals surface area contributed by atoms with Gasteiger partial charge in [-0.25, -0.2) is 4.79 Å². The fraction of sp³-hybridized carbons (Fsp3) is 0.636. The Kier molecular flexibility index (Phi) is 6.23. The molecule has 3 fully saturated rings. The van der Waals surface area contributed by atoms with Crippen LogP contribution in [0.1, 0.15) is 55.3 Å². The SMILES string of the molecule is COc1ccc(C(=O)N2CCSC23CCN(C(=O)NC2CCCCC2)CC3)cc1. The van der Waals surface area contributed by atoms with Gasteiger partial charge in [-0.1, -0.05) is 19.3 Å². The summed E-state index contributed by atoms with van der Waals surface area (Å²) in [6, 6.07) is 7.75. The molecular formula is C22H31N3O3S. The van der Waals surface area contributed by atoms with Crippen LogP contribution in [0.5, 0.6) is 5.75 Å². The number of thioether (sulfide) groups is 1.